The molecule has 0 fully saturated rings. The van der Waals surface area contributed by atoms with Gasteiger partial charge in [-0.2, -0.15) is 0 Å². The lowest BCUT2D eigenvalue weighted by molar-refractivity contribution is 0.0950. The SMILES string of the molecule is COc1cccc(CNC(=O)c2ccc(Cl)cc2Br)c1. The molecule has 0 aromatic heterocycles. The number of hydrogen-bond acceptors (Lipinski definition) is 2. The number of ether oxygens (including phenoxy) is 1. The van der Waals surface area contributed by atoms with Crippen molar-refractivity contribution in [3.05, 3.63) is 63.1 Å². The van der Waals surface area contributed by atoms with Crippen LogP contribution in [0.3, 0.4) is 0 Å². The average Bonchev–Trinajstić information content (AvgIpc) is 2.45. The van der Waals surface area contributed by atoms with Crippen LogP contribution in [0, 0.1) is 0 Å². The second-order valence-corrected chi connectivity index (χ2v) is 5.45. The molecule has 2 aromatic carbocycles. The number of hydrogen-bond donors (Lipinski definition) is 1. The van der Waals surface area contributed by atoms with E-state index < -0.39 is 0 Å². The van der Waals surface area contributed by atoms with Crippen LogP contribution in [0.1, 0.15) is 15.9 Å². The van der Waals surface area contributed by atoms with Crippen molar-refractivity contribution in [1.82, 2.24) is 5.32 Å². The molecule has 0 aliphatic heterocycles. The highest BCUT2D eigenvalue weighted by Gasteiger charge is 2.10. The van der Waals surface area contributed by atoms with E-state index in [1.54, 1.807) is 25.3 Å². The molecule has 0 heterocycles. The fourth-order valence-corrected chi connectivity index (χ4v) is 2.60. The van der Waals surface area contributed by atoms with E-state index in [-0.39, 0.29) is 5.91 Å². The Labute approximate surface area is 131 Å². The number of benzene rings is 2. The Kier molecular flexibility index (Phi) is 5.04. The number of halogens is 2. The molecule has 104 valence electrons. The van der Waals surface area contributed by atoms with Crippen LogP contribution < -0.4 is 10.1 Å². The zero-order valence-electron chi connectivity index (χ0n) is 10.8. The summed E-state index contributed by atoms with van der Waals surface area (Å²) in [6, 6.07) is 12.6. The van der Waals surface area contributed by atoms with E-state index in [1.165, 1.54) is 0 Å². The van der Waals surface area contributed by atoms with E-state index in [1.807, 2.05) is 24.3 Å². The molecule has 0 bridgehead atoms. The fraction of sp³-hybridized carbons (Fsp3) is 0.133. The summed E-state index contributed by atoms with van der Waals surface area (Å²) in [6.07, 6.45) is 0. The summed E-state index contributed by atoms with van der Waals surface area (Å²) < 4.78 is 5.82. The van der Waals surface area contributed by atoms with Gasteiger partial charge < -0.3 is 10.1 Å². The highest BCUT2D eigenvalue weighted by molar-refractivity contribution is 9.10. The fourth-order valence-electron chi connectivity index (χ4n) is 1.73. The monoisotopic (exact) mass is 353 g/mol. The molecule has 5 heteroatoms. The summed E-state index contributed by atoms with van der Waals surface area (Å²) >= 11 is 9.18. The number of carbonyl (C=O) groups is 1. The van der Waals surface area contributed by atoms with Gasteiger partial charge in [-0.15, -0.1) is 0 Å². The molecular weight excluding hydrogens is 342 g/mol. The van der Waals surface area contributed by atoms with Gasteiger partial charge in [-0.1, -0.05) is 23.7 Å². The summed E-state index contributed by atoms with van der Waals surface area (Å²) in [5.74, 6) is 0.612. The van der Waals surface area contributed by atoms with E-state index >= 15 is 0 Å². The van der Waals surface area contributed by atoms with Gasteiger partial charge in [0.25, 0.3) is 5.91 Å². The van der Waals surface area contributed by atoms with Crippen molar-refractivity contribution in [1.29, 1.82) is 0 Å². The summed E-state index contributed by atoms with van der Waals surface area (Å²) in [5.41, 5.74) is 1.53. The first kappa shape index (κ1) is 14.9. The van der Waals surface area contributed by atoms with E-state index in [0.29, 0.717) is 21.6 Å². The summed E-state index contributed by atoms with van der Waals surface area (Å²) in [4.78, 5) is 12.1. The van der Waals surface area contributed by atoms with Crippen LogP contribution in [0.25, 0.3) is 0 Å². The summed E-state index contributed by atoms with van der Waals surface area (Å²) in [7, 11) is 1.61. The van der Waals surface area contributed by atoms with Gasteiger partial charge in [0.2, 0.25) is 0 Å². The van der Waals surface area contributed by atoms with Crippen LogP contribution in [0.5, 0.6) is 5.75 Å². The maximum Gasteiger partial charge on any atom is 0.252 e. The second kappa shape index (κ2) is 6.77. The van der Waals surface area contributed by atoms with Crippen LogP contribution in [-0.4, -0.2) is 13.0 Å². The van der Waals surface area contributed by atoms with Gasteiger partial charge in [0, 0.05) is 16.0 Å². The molecule has 0 aliphatic rings. The Balaban J connectivity index is 2.04. The molecule has 0 saturated carbocycles. The Morgan fingerprint density at radius 1 is 1.30 bits per heavy atom. The van der Waals surface area contributed by atoms with Crippen molar-refractivity contribution in [2.45, 2.75) is 6.54 Å². The topological polar surface area (TPSA) is 38.3 Å². The minimum atomic E-state index is -0.156. The van der Waals surface area contributed by atoms with Crippen LogP contribution in [0.15, 0.2) is 46.9 Å². The number of nitrogens with one attached hydrogen (secondary N) is 1. The molecule has 0 atom stereocenters. The van der Waals surface area contributed by atoms with E-state index in [4.69, 9.17) is 16.3 Å². The molecule has 3 nitrogen and oxygen atoms in total. The first-order valence-electron chi connectivity index (χ1n) is 5.96. The first-order chi connectivity index (χ1) is 9.60. The van der Waals surface area contributed by atoms with E-state index in [9.17, 15) is 4.79 Å². The third-order valence-corrected chi connectivity index (χ3v) is 3.65. The van der Waals surface area contributed by atoms with Gasteiger partial charge in [0.05, 0.1) is 12.7 Å². The van der Waals surface area contributed by atoms with Crippen molar-refractivity contribution in [3.63, 3.8) is 0 Å². The van der Waals surface area contributed by atoms with Gasteiger partial charge in [0.15, 0.2) is 0 Å². The van der Waals surface area contributed by atoms with Gasteiger partial charge in [-0.25, -0.2) is 0 Å². The number of amides is 1. The molecule has 0 aliphatic carbocycles. The predicted molar refractivity (Wildman–Crippen MR) is 83.3 cm³/mol. The Hall–Kier alpha value is -1.52. The first-order valence-corrected chi connectivity index (χ1v) is 7.13. The van der Waals surface area contributed by atoms with Crippen molar-refractivity contribution in [2.75, 3.05) is 7.11 Å². The molecule has 1 amide bonds. The average molecular weight is 355 g/mol. The highest BCUT2D eigenvalue weighted by Crippen LogP contribution is 2.21. The quantitative estimate of drug-likeness (QED) is 0.900. The Bertz CT molecular complexity index is 631. The van der Waals surface area contributed by atoms with Crippen LogP contribution in [0.2, 0.25) is 5.02 Å². The number of rotatable bonds is 4. The maximum atomic E-state index is 12.1. The lowest BCUT2D eigenvalue weighted by Gasteiger charge is -2.08. The Morgan fingerprint density at radius 3 is 2.80 bits per heavy atom. The normalized spacial score (nSPS) is 10.2. The molecule has 1 N–H and O–H groups in total. The number of carbonyl (C=O) groups excluding carboxylic acids is 1. The standard InChI is InChI=1S/C15H13BrClNO2/c1-20-12-4-2-3-10(7-12)9-18-15(19)13-6-5-11(17)8-14(13)16/h2-8H,9H2,1H3,(H,18,19). The molecule has 2 rings (SSSR count). The van der Waals surface area contributed by atoms with Crippen molar-refractivity contribution < 1.29 is 9.53 Å². The predicted octanol–water partition coefficient (Wildman–Crippen LogP) is 4.04. The lowest BCUT2D eigenvalue weighted by Crippen LogP contribution is -2.23. The van der Waals surface area contributed by atoms with Crippen molar-refractivity contribution in [2.24, 2.45) is 0 Å². The minimum Gasteiger partial charge on any atom is -0.497 e. The van der Waals surface area contributed by atoms with Gasteiger partial charge in [-0.05, 0) is 51.8 Å². The molecule has 0 spiro atoms. The lowest BCUT2D eigenvalue weighted by atomic mass is 10.2. The zero-order chi connectivity index (χ0) is 14.5. The second-order valence-electron chi connectivity index (χ2n) is 4.16. The van der Waals surface area contributed by atoms with Crippen molar-refractivity contribution in [3.8, 4) is 5.75 Å². The highest BCUT2D eigenvalue weighted by atomic mass is 79.9. The Morgan fingerprint density at radius 2 is 2.10 bits per heavy atom. The molecular formula is C15H13BrClNO2. The van der Waals surface area contributed by atoms with Crippen molar-refractivity contribution >= 4 is 33.4 Å². The van der Waals surface area contributed by atoms with Crippen LogP contribution >= 0.6 is 27.5 Å². The smallest absolute Gasteiger partial charge is 0.252 e. The van der Waals surface area contributed by atoms with Gasteiger partial charge in [-0.3, -0.25) is 4.79 Å². The molecule has 0 unspecified atom stereocenters. The van der Waals surface area contributed by atoms with Crippen LogP contribution in [0.4, 0.5) is 0 Å². The zero-order valence-corrected chi connectivity index (χ0v) is 13.2. The largest absolute Gasteiger partial charge is 0.497 e. The van der Waals surface area contributed by atoms with E-state index in [2.05, 4.69) is 21.2 Å². The number of methoxy groups -OCH3 is 1. The van der Waals surface area contributed by atoms with E-state index in [0.717, 1.165) is 11.3 Å². The van der Waals surface area contributed by atoms with Crippen LogP contribution in [-0.2, 0) is 6.54 Å². The molecule has 0 radical (unpaired) electrons. The van der Waals surface area contributed by atoms with Gasteiger partial charge >= 0.3 is 0 Å². The van der Waals surface area contributed by atoms with Gasteiger partial charge in [0.1, 0.15) is 5.75 Å². The summed E-state index contributed by atoms with van der Waals surface area (Å²) in [6.45, 7) is 0.436. The molecule has 0 saturated heterocycles. The molecule has 2 aromatic rings. The summed E-state index contributed by atoms with van der Waals surface area (Å²) in [5, 5.41) is 3.44. The third-order valence-electron chi connectivity index (χ3n) is 2.76. The third kappa shape index (κ3) is 3.74. The maximum absolute atomic E-state index is 12.1. The molecule has 20 heavy (non-hydrogen) atoms. The minimum absolute atomic E-state index is 0.156.